The van der Waals surface area contributed by atoms with Gasteiger partial charge >= 0.3 is 0 Å². The zero-order chi connectivity index (χ0) is 42.4. The van der Waals surface area contributed by atoms with Gasteiger partial charge in [0.15, 0.2) is 11.9 Å². The maximum atomic E-state index is 14.3. The number of amides is 5. The van der Waals surface area contributed by atoms with Gasteiger partial charge in [0, 0.05) is 36.5 Å². The van der Waals surface area contributed by atoms with Gasteiger partial charge in [-0.25, -0.2) is 9.38 Å². The highest BCUT2D eigenvalue weighted by Gasteiger charge is 2.32. The summed E-state index contributed by atoms with van der Waals surface area (Å²) in [6, 6.07) is 14.4. The van der Waals surface area contributed by atoms with E-state index in [2.05, 4.69) is 36.2 Å². The van der Waals surface area contributed by atoms with Crippen molar-refractivity contribution in [1.82, 2.24) is 26.3 Å². The average molecular weight is 799 g/mol. The lowest BCUT2D eigenvalue weighted by Crippen LogP contribution is -2.59. The Balaban J connectivity index is 1.63. The number of fused-ring (bicyclic) bond motifs is 1. The van der Waals surface area contributed by atoms with Crippen LogP contribution in [-0.2, 0) is 32.0 Å². The first kappa shape index (κ1) is 43.7. The fourth-order valence-corrected chi connectivity index (χ4v) is 6.17. The normalized spacial score (nSPS) is 13.0. The summed E-state index contributed by atoms with van der Waals surface area (Å²) in [6.45, 7) is 3.90. The largest absolute Gasteiger partial charge is 0.370 e. The third-order valence-electron chi connectivity index (χ3n) is 9.02. The number of nitrogens with two attached hydrogens (primary N) is 5. The Hall–Kier alpha value is -6.98. The number of guanidine groups is 2. The Morgan fingerprint density at radius 2 is 1.24 bits per heavy atom. The molecular formula is C40H51FN12O5. The second-order valence-electron chi connectivity index (χ2n) is 14.2. The fourth-order valence-electron chi connectivity index (χ4n) is 6.17. The molecule has 4 aromatic rings. The molecule has 3 aromatic carbocycles. The quantitative estimate of drug-likeness (QED) is 0.0344. The minimum atomic E-state index is -1.30. The van der Waals surface area contributed by atoms with Crippen molar-refractivity contribution in [3.8, 4) is 0 Å². The number of aromatic amines is 1. The molecular weight excluding hydrogens is 748 g/mol. The predicted octanol–water partition coefficient (Wildman–Crippen LogP) is 0.835. The molecule has 15 N–H and O–H groups in total. The third-order valence-corrected chi connectivity index (χ3v) is 9.02. The van der Waals surface area contributed by atoms with Crippen LogP contribution in [0.2, 0.25) is 0 Å². The van der Waals surface area contributed by atoms with Gasteiger partial charge in [-0.1, -0.05) is 56.3 Å². The van der Waals surface area contributed by atoms with E-state index in [1.165, 1.54) is 30.5 Å². The third kappa shape index (κ3) is 13.3. The van der Waals surface area contributed by atoms with E-state index in [1.54, 1.807) is 42.5 Å². The highest BCUT2D eigenvalue weighted by atomic mass is 19.1. The first-order chi connectivity index (χ1) is 27.6. The molecule has 4 rings (SSSR count). The Morgan fingerprint density at radius 3 is 1.83 bits per heavy atom. The highest BCUT2D eigenvalue weighted by molar-refractivity contribution is 6.08. The van der Waals surface area contributed by atoms with Crippen molar-refractivity contribution >= 4 is 58.0 Å². The lowest BCUT2D eigenvalue weighted by Gasteiger charge is -2.27. The van der Waals surface area contributed by atoms with E-state index in [1.807, 2.05) is 19.9 Å². The molecule has 0 aliphatic heterocycles. The SMILES string of the molecule is CC(C)C[C@H](NC(=O)[C@H](Cc1ccc(N=C(N)N)cc1)NC(=O)[C@H](Cc1ccc(F)cc1)NC(=O)c1c[nH]c2ccccc12)C(=O)N[C@@H](CCCN=C(N)N)C(N)=O. The van der Waals surface area contributed by atoms with Gasteiger partial charge in [-0.05, 0) is 66.6 Å². The maximum absolute atomic E-state index is 14.3. The van der Waals surface area contributed by atoms with Crippen molar-refractivity contribution in [2.75, 3.05) is 6.54 Å². The zero-order valence-electron chi connectivity index (χ0n) is 32.3. The van der Waals surface area contributed by atoms with E-state index in [0.717, 1.165) is 0 Å². The van der Waals surface area contributed by atoms with Crippen LogP contribution in [0.25, 0.3) is 10.9 Å². The summed E-state index contributed by atoms with van der Waals surface area (Å²) in [4.78, 5) is 79.1. The Kier molecular flexibility index (Phi) is 15.7. The van der Waals surface area contributed by atoms with Gasteiger partial charge in [0.05, 0.1) is 11.3 Å². The van der Waals surface area contributed by atoms with Crippen LogP contribution < -0.4 is 49.9 Å². The van der Waals surface area contributed by atoms with Crippen LogP contribution >= 0.6 is 0 Å². The van der Waals surface area contributed by atoms with E-state index < -0.39 is 59.5 Å². The van der Waals surface area contributed by atoms with Crippen LogP contribution in [-0.4, -0.2) is 77.2 Å². The summed E-state index contributed by atoms with van der Waals surface area (Å²) in [5, 5.41) is 11.6. The summed E-state index contributed by atoms with van der Waals surface area (Å²) in [7, 11) is 0. The van der Waals surface area contributed by atoms with Crippen LogP contribution in [0.5, 0.6) is 0 Å². The van der Waals surface area contributed by atoms with E-state index in [0.29, 0.717) is 34.1 Å². The molecule has 0 aliphatic rings. The number of hydrogen-bond donors (Lipinski definition) is 10. The van der Waals surface area contributed by atoms with Crippen molar-refractivity contribution in [3.05, 3.63) is 102 Å². The van der Waals surface area contributed by atoms with E-state index in [9.17, 15) is 28.4 Å². The van der Waals surface area contributed by atoms with Crippen molar-refractivity contribution in [3.63, 3.8) is 0 Å². The Bertz CT molecular complexity index is 2110. The second kappa shape index (κ2) is 20.8. The summed E-state index contributed by atoms with van der Waals surface area (Å²) in [5.41, 5.74) is 30.0. The Labute approximate surface area is 334 Å². The van der Waals surface area contributed by atoms with Crippen LogP contribution in [0, 0.1) is 11.7 Å². The zero-order valence-corrected chi connectivity index (χ0v) is 32.3. The van der Waals surface area contributed by atoms with Crippen LogP contribution in [0.15, 0.2) is 89.0 Å². The molecule has 1 aromatic heterocycles. The minimum Gasteiger partial charge on any atom is -0.370 e. The summed E-state index contributed by atoms with van der Waals surface area (Å²) >= 11 is 0. The number of aliphatic imine (C=N–C) groups is 2. The van der Waals surface area contributed by atoms with E-state index in [4.69, 9.17) is 28.7 Å². The van der Waals surface area contributed by atoms with E-state index >= 15 is 0 Å². The number of halogens is 1. The predicted molar refractivity (Wildman–Crippen MR) is 220 cm³/mol. The topological polar surface area (TPSA) is 304 Å². The lowest BCUT2D eigenvalue weighted by molar-refractivity contribution is -0.134. The Morgan fingerprint density at radius 1 is 0.690 bits per heavy atom. The molecule has 0 bridgehead atoms. The molecule has 0 radical (unpaired) electrons. The standard InChI is InChI=1S/C40H51FN12O5/c1-22(2)18-31(36(56)50-30(34(42)54)8-5-17-47-39(43)44)52-38(58)33(20-24-11-15-26(16-12-24)49-40(45)46)53-37(57)32(19-23-9-13-25(41)14-10-23)51-35(55)28-21-48-29-7-4-3-6-27(28)29/h3-4,6-7,9-16,21-22,30-33,48H,5,8,17-20H2,1-2H3,(H2,42,54)(H,50,56)(H,51,55)(H,52,58)(H,53,57)(H4,43,44,47)(H4,45,46,49)/t30-,31-,32-,33-/m0/s1. The van der Waals surface area contributed by atoms with Gasteiger partial charge < -0.3 is 54.9 Å². The minimum absolute atomic E-state index is 0.0577. The number of primary amides is 1. The molecule has 0 aliphatic carbocycles. The molecule has 1 heterocycles. The number of para-hydroxylation sites is 1. The number of carbonyl (C=O) groups excluding carboxylic acids is 5. The van der Waals surface area contributed by atoms with Gasteiger partial charge in [0.1, 0.15) is 30.0 Å². The summed E-state index contributed by atoms with van der Waals surface area (Å²) in [6.07, 6.45) is 2.04. The molecule has 58 heavy (non-hydrogen) atoms. The van der Waals surface area contributed by atoms with Gasteiger partial charge in [0.25, 0.3) is 5.91 Å². The van der Waals surface area contributed by atoms with Crippen molar-refractivity contribution in [2.45, 2.75) is 70.1 Å². The first-order valence-electron chi connectivity index (χ1n) is 18.6. The second-order valence-corrected chi connectivity index (χ2v) is 14.2. The molecule has 18 heteroatoms. The van der Waals surface area contributed by atoms with Gasteiger partial charge in [0.2, 0.25) is 23.6 Å². The van der Waals surface area contributed by atoms with Gasteiger partial charge in [-0.15, -0.1) is 0 Å². The number of H-pyrrole nitrogens is 1. The number of aromatic nitrogens is 1. The number of hydrogen-bond acceptors (Lipinski definition) is 7. The highest BCUT2D eigenvalue weighted by Crippen LogP contribution is 2.19. The number of carbonyl (C=O) groups is 5. The number of nitrogens with one attached hydrogen (secondary N) is 5. The summed E-state index contributed by atoms with van der Waals surface area (Å²) < 4.78 is 13.8. The molecule has 17 nitrogen and oxygen atoms in total. The average Bonchev–Trinajstić information content (AvgIpc) is 3.60. The maximum Gasteiger partial charge on any atom is 0.254 e. The van der Waals surface area contributed by atoms with E-state index in [-0.39, 0.29) is 55.6 Å². The molecule has 0 spiro atoms. The number of rotatable bonds is 20. The number of benzene rings is 3. The van der Waals surface area contributed by atoms with Crippen molar-refractivity contribution in [2.24, 2.45) is 44.6 Å². The number of nitrogens with zero attached hydrogens (tertiary/aromatic N) is 2. The molecule has 0 saturated carbocycles. The summed E-state index contributed by atoms with van der Waals surface area (Å²) in [5.74, 6) is -4.33. The van der Waals surface area contributed by atoms with Crippen molar-refractivity contribution < 1.29 is 28.4 Å². The molecule has 308 valence electrons. The first-order valence-corrected chi connectivity index (χ1v) is 18.6. The fraction of sp³-hybridized carbons (Fsp3) is 0.325. The van der Waals surface area contributed by atoms with Crippen molar-refractivity contribution in [1.29, 1.82) is 0 Å². The molecule has 0 unspecified atom stereocenters. The smallest absolute Gasteiger partial charge is 0.254 e. The molecule has 5 amide bonds. The van der Waals surface area contributed by atoms with Gasteiger partial charge in [-0.2, -0.15) is 0 Å². The van der Waals surface area contributed by atoms with Crippen LogP contribution in [0.3, 0.4) is 0 Å². The van der Waals surface area contributed by atoms with Crippen LogP contribution in [0.1, 0.15) is 54.6 Å². The molecule has 0 fully saturated rings. The van der Waals surface area contributed by atoms with Crippen LogP contribution in [0.4, 0.5) is 10.1 Å². The molecule has 0 saturated heterocycles. The van der Waals surface area contributed by atoms with Gasteiger partial charge in [-0.3, -0.25) is 29.0 Å². The lowest BCUT2D eigenvalue weighted by atomic mass is 9.99. The molecule has 4 atom stereocenters. The monoisotopic (exact) mass is 798 g/mol.